The van der Waals surface area contributed by atoms with Crippen molar-refractivity contribution in [3.8, 4) is 0 Å². The first-order valence-corrected chi connectivity index (χ1v) is 11.2. The van der Waals surface area contributed by atoms with Crippen molar-refractivity contribution in [2.75, 3.05) is 18.9 Å². The van der Waals surface area contributed by atoms with Crippen molar-refractivity contribution in [3.05, 3.63) is 59.0 Å². The second kappa shape index (κ2) is 10.6. The number of piperidine rings is 1. The number of likely N-dealkylation sites (tertiary alicyclic amines) is 1. The Labute approximate surface area is 201 Å². The summed E-state index contributed by atoms with van der Waals surface area (Å²) in [5, 5.41) is 8.36. The first kappa shape index (κ1) is 25.2. The molecule has 34 heavy (non-hydrogen) atoms. The maximum Gasteiger partial charge on any atom is 0.245 e. The van der Waals surface area contributed by atoms with Gasteiger partial charge < -0.3 is 20.7 Å². The molecule has 2 fully saturated rings. The fourth-order valence-corrected chi connectivity index (χ4v) is 4.58. The lowest BCUT2D eigenvalue weighted by Crippen LogP contribution is -2.42. The standard InChI is InChI=1S/C16H17N3O2.C7H7ClFN.CH3NO/c1-11-13-4-2-3-5-14(13)19(17-11)9-15(21)18-7-6-12-8-16(12,18)10-20;1-10-6-4-2-3-5(8)7(6)9;2-1-3/h2-5,10,12H,6-9H2,1H3;2-4,10H,1H3;1H,(H2,2,3). The van der Waals surface area contributed by atoms with Gasteiger partial charge >= 0.3 is 0 Å². The van der Waals surface area contributed by atoms with E-state index >= 15 is 0 Å². The van der Waals surface area contributed by atoms with Gasteiger partial charge in [-0.1, -0.05) is 35.9 Å². The number of amides is 2. The third-order valence-electron chi connectivity index (χ3n) is 6.18. The Balaban J connectivity index is 0.000000209. The highest BCUT2D eigenvalue weighted by Gasteiger charge is 2.63. The number of nitrogens with zero attached hydrogens (tertiary/aromatic N) is 3. The lowest BCUT2D eigenvalue weighted by atomic mass is 10.2. The van der Waals surface area contributed by atoms with E-state index in [0.29, 0.717) is 18.2 Å². The van der Waals surface area contributed by atoms with Crippen molar-refractivity contribution in [1.29, 1.82) is 0 Å². The zero-order valence-electron chi connectivity index (χ0n) is 19.0. The molecule has 3 N–H and O–H groups in total. The summed E-state index contributed by atoms with van der Waals surface area (Å²) in [5.74, 6) is -0.0166. The quantitative estimate of drug-likeness (QED) is 0.549. The molecule has 3 aromatic rings. The number of primary amides is 1. The van der Waals surface area contributed by atoms with Crippen LogP contribution < -0.4 is 11.1 Å². The molecule has 0 radical (unpaired) electrons. The summed E-state index contributed by atoms with van der Waals surface area (Å²) in [7, 11) is 1.65. The van der Waals surface area contributed by atoms with Gasteiger partial charge in [0, 0.05) is 19.0 Å². The molecule has 1 saturated carbocycles. The molecule has 2 aromatic carbocycles. The number of anilines is 1. The lowest BCUT2D eigenvalue weighted by Gasteiger charge is -2.24. The minimum Gasteiger partial charge on any atom is -0.386 e. The van der Waals surface area contributed by atoms with Gasteiger partial charge in [-0.3, -0.25) is 14.3 Å². The fourth-order valence-electron chi connectivity index (χ4n) is 4.40. The SMILES string of the molecule is CNc1cccc(Cl)c1F.Cc1nn(CC(=O)N2CCC3CC32C=O)c2ccccc12.NC=O. The summed E-state index contributed by atoms with van der Waals surface area (Å²) in [6.07, 6.45) is 3.00. The molecule has 5 rings (SSSR count). The Kier molecular flexibility index (Phi) is 7.88. The van der Waals surface area contributed by atoms with E-state index < -0.39 is 11.4 Å². The summed E-state index contributed by atoms with van der Waals surface area (Å²) >= 11 is 5.48. The second-order valence-electron chi connectivity index (χ2n) is 8.09. The molecule has 8 nitrogen and oxygen atoms in total. The van der Waals surface area contributed by atoms with Crippen molar-refractivity contribution in [2.24, 2.45) is 11.7 Å². The van der Waals surface area contributed by atoms with Gasteiger partial charge in [0.2, 0.25) is 12.3 Å². The molecular formula is C24H27ClFN5O3. The normalized spacial score (nSPS) is 19.8. The Hall–Kier alpha value is -3.46. The second-order valence-corrected chi connectivity index (χ2v) is 8.50. The number of nitrogens with two attached hydrogens (primary N) is 1. The summed E-state index contributed by atoms with van der Waals surface area (Å²) in [5.41, 5.74) is 5.99. The molecule has 10 heteroatoms. The zero-order valence-corrected chi connectivity index (χ0v) is 19.8. The zero-order chi connectivity index (χ0) is 24.9. The minimum atomic E-state index is -0.491. The highest BCUT2D eigenvalue weighted by molar-refractivity contribution is 6.31. The van der Waals surface area contributed by atoms with Gasteiger partial charge in [-0.25, -0.2) is 4.39 Å². The van der Waals surface area contributed by atoms with Gasteiger partial charge in [0.15, 0.2) is 5.82 Å². The fraction of sp³-hybridized carbons (Fsp3) is 0.333. The predicted molar refractivity (Wildman–Crippen MR) is 129 cm³/mol. The third-order valence-corrected chi connectivity index (χ3v) is 6.47. The number of fused-ring (bicyclic) bond motifs is 2. The van der Waals surface area contributed by atoms with Crippen molar-refractivity contribution >= 4 is 46.8 Å². The van der Waals surface area contributed by atoms with Crippen LogP contribution in [0.3, 0.4) is 0 Å². The number of aromatic nitrogens is 2. The number of aldehydes is 1. The van der Waals surface area contributed by atoms with E-state index in [4.69, 9.17) is 16.4 Å². The first-order chi connectivity index (χ1) is 16.3. The molecule has 2 aliphatic rings. The Morgan fingerprint density at radius 2 is 2.00 bits per heavy atom. The van der Waals surface area contributed by atoms with Gasteiger partial charge in [-0.15, -0.1) is 0 Å². The van der Waals surface area contributed by atoms with Crippen LogP contribution in [-0.2, 0) is 20.9 Å². The molecule has 1 aliphatic carbocycles. The number of nitrogens with one attached hydrogen (secondary N) is 1. The average Bonchev–Trinajstić information content (AvgIpc) is 3.30. The van der Waals surface area contributed by atoms with Crippen LogP contribution in [0.2, 0.25) is 5.02 Å². The first-order valence-electron chi connectivity index (χ1n) is 10.8. The van der Waals surface area contributed by atoms with Crippen LogP contribution in [0.25, 0.3) is 10.9 Å². The van der Waals surface area contributed by atoms with Gasteiger partial charge in [0.25, 0.3) is 0 Å². The number of halogens is 2. The summed E-state index contributed by atoms with van der Waals surface area (Å²) in [4.78, 5) is 34.3. The third kappa shape index (κ3) is 4.89. The largest absolute Gasteiger partial charge is 0.386 e. The summed E-state index contributed by atoms with van der Waals surface area (Å²) < 4.78 is 14.6. The smallest absolute Gasteiger partial charge is 0.245 e. The van der Waals surface area contributed by atoms with Crippen LogP contribution in [0.15, 0.2) is 42.5 Å². The van der Waals surface area contributed by atoms with Crippen LogP contribution in [-0.4, -0.2) is 52.4 Å². The molecular weight excluding hydrogens is 461 g/mol. The van der Waals surface area contributed by atoms with Crippen LogP contribution >= 0.6 is 11.6 Å². The van der Waals surface area contributed by atoms with Gasteiger partial charge in [0.05, 0.1) is 21.9 Å². The van der Waals surface area contributed by atoms with E-state index in [-0.39, 0.29) is 23.9 Å². The predicted octanol–water partition coefficient (Wildman–Crippen LogP) is 3.16. The number of benzene rings is 2. The molecule has 0 spiro atoms. The van der Waals surface area contributed by atoms with E-state index in [0.717, 1.165) is 35.7 Å². The van der Waals surface area contributed by atoms with E-state index in [9.17, 15) is 14.0 Å². The molecule has 2 amide bonds. The molecule has 1 aliphatic heterocycles. The van der Waals surface area contributed by atoms with Crippen LogP contribution in [0, 0.1) is 18.7 Å². The average molecular weight is 488 g/mol. The maximum atomic E-state index is 12.8. The number of carbonyl (C=O) groups is 3. The Morgan fingerprint density at radius 3 is 2.62 bits per heavy atom. The number of aryl methyl sites for hydroxylation is 1. The number of carbonyl (C=O) groups excluding carboxylic acids is 3. The summed E-state index contributed by atoms with van der Waals surface area (Å²) in [6, 6.07) is 12.7. The monoisotopic (exact) mass is 487 g/mol. The minimum absolute atomic E-state index is 0.00430. The van der Waals surface area contributed by atoms with Crippen molar-refractivity contribution < 1.29 is 18.8 Å². The maximum absolute atomic E-state index is 12.8. The van der Waals surface area contributed by atoms with Crippen LogP contribution in [0.4, 0.5) is 10.1 Å². The number of hydrogen-bond donors (Lipinski definition) is 2. The molecule has 180 valence electrons. The van der Waals surface area contributed by atoms with Gasteiger partial charge in [-0.2, -0.15) is 5.10 Å². The molecule has 2 heterocycles. The van der Waals surface area contributed by atoms with E-state index in [2.05, 4.69) is 16.1 Å². The molecule has 1 saturated heterocycles. The topological polar surface area (TPSA) is 110 Å². The van der Waals surface area contributed by atoms with Crippen molar-refractivity contribution in [3.63, 3.8) is 0 Å². The van der Waals surface area contributed by atoms with Gasteiger partial charge in [0.1, 0.15) is 18.4 Å². The highest BCUT2D eigenvalue weighted by atomic mass is 35.5. The van der Waals surface area contributed by atoms with Gasteiger partial charge in [-0.05, 0) is 43.9 Å². The van der Waals surface area contributed by atoms with Crippen molar-refractivity contribution in [1.82, 2.24) is 14.7 Å². The highest BCUT2D eigenvalue weighted by Crippen LogP contribution is 2.54. The Morgan fingerprint density at radius 1 is 1.29 bits per heavy atom. The molecule has 2 unspecified atom stereocenters. The number of hydrogen-bond acceptors (Lipinski definition) is 5. The van der Waals surface area contributed by atoms with E-state index in [1.165, 1.54) is 6.07 Å². The molecule has 0 bridgehead atoms. The van der Waals surface area contributed by atoms with Crippen LogP contribution in [0.5, 0.6) is 0 Å². The summed E-state index contributed by atoms with van der Waals surface area (Å²) in [6.45, 7) is 2.85. The molecule has 2 atom stereocenters. The van der Waals surface area contributed by atoms with E-state index in [1.54, 1.807) is 28.8 Å². The Bertz CT molecular complexity index is 1200. The number of rotatable bonds is 4. The van der Waals surface area contributed by atoms with E-state index in [1.807, 2.05) is 31.2 Å². The lowest BCUT2D eigenvalue weighted by molar-refractivity contribution is -0.137. The molecule has 1 aromatic heterocycles. The number of para-hydroxylation sites is 1. The van der Waals surface area contributed by atoms with Crippen molar-refractivity contribution in [2.45, 2.75) is 31.8 Å². The van der Waals surface area contributed by atoms with Crippen LogP contribution in [0.1, 0.15) is 18.5 Å².